The second-order valence-electron chi connectivity index (χ2n) is 6.93. The lowest BCUT2D eigenvalue weighted by Gasteiger charge is -2.30. The summed E-state index contributed by atoms with van der Waals surface area (Å²) < 4.78 is 13.8. The number of benzene rings is 2. The molecule has 0 aromatic heterocycles. The Labute approximate surface area is 158 Å². The molecule has 1 saturated heterocycles. The van der Waals surface area contributed by atoms with Crippen LogP contribution in [0.1, 0.15) is 46.0 Å². The molecular formula is C21H24FN3O2. The van der Waals surface area contributed by atoms with Gasteiger partial charge in [0.25, 0.3) is 11.8 Å². The molecule has 0 saturated carbocycles. The van der Waals surface area contributed by atoms with Gasteiger partial charge in [0.15, 0.2) is 0 Å². The van der Waals surface area contributed by atoms with Gasteiger partial charge in [0.2, 0.25) is 0 Å². The number of halogens is 1. The number of rotatable bonds is 4. The Hall–Kier alpha value is -2.73. The molecule has 3 rings (SSSR count). The monoisotopic (exact) mass is 369 g/mol. The number of amides is 2. The fourth-order valence-electron chi connectivity index (χ4n) is 3.23. The van der Waals surface area contributed by atoms with E-state index in [-0.39, 0.29) is 23.6 Å². The van der Waals surface area contributed by atoms with Crippen molar-refractivity contribution in [3.8, 4) is 0 Å². The highest BCUT2D eigenvalue weighted by molar-refractivity contribution is 6.05. The van der Waals surface area contributed by atoms with E-state index in [1.54, 1.807) is 24.3 Å². The number of nitrogens with one attached hydrogen (secondary N) is 3. The molecule has 0 radical (unpaired) electrons. The van der Waals surface area contributed by atoms with Gasteiger partial charge in [-0.25, -0.2) is 4.39 Å². The first kappa shape index (κ1) is 19.0. The minimum absolute atomic E-state index is 0.0335. The summed E-state index contributed by atoms with van der Waals surface area (Å²) in [6.07, 6.45) is 1.95. The third-order valence-corrected chi connectivity index (χ3v) is 4.94. The number of aryl methyl sites for hydroxylation is 1. The van der Waals surface area contributed by atoms with Crippen molar-refractivity contribution in [2.24, 2.45) is 0 Å². The highest BCUT2D eigenvalue weighted by Crippen LogP contribution is 2.19. The van der Waals surface area contributed by atoms with Gasteiger partial charge in [-0.1, -0.05) is 18.2 Å². The van der Waals surface area contributed by atoms with Crippen LogP contribution >= 0.6 is 0 Å². The number of hydrogen-bond donors (Lipinski definition) is 3. The van der Waals surface area contributed by atoms with Gasteiger partial charge in [-0.2, -0.15) is 0 Å². The van der Waals surface area contributed by atoms with E-state index in [1.165, 1.54) is 18.2 Å². The summed E-state index contributed by atoms with van der Waals surface area (Å²) in [5, 5.41) is 9.11. The summed E-state index contributed by atoms with van der Waals surface area (Å²) in [6.45, 7) is 4.84. The molecule has 3 N–H and O–H groups in total. The van der Waals surface area contributed by atoms with E-state index in [2.05, 4.69) is 22.9 Å². The van der Waals surface area contributed by atoms with Crippen molar-refractivity contribution < 1.29 is 14.0 Å². The Morgan fingerprint density at radius 3 is 2.67 bits per heavy atom. The SMILES string of the molecule is Cc1ccc(C(=O)NC2CCCNC2C)cc1NC(=O)c1ccccc1F. The fraction of sp³-hybridized carbons (Fsp3) is 0.333. The van der Waals surface area contributed by atoms with E-state index in [9.17, 15) is 14.0 Å². The number of carbonyl (C=O) groups excluding carboxylic acids is 2. The Morgan fingerprint density at radius 1 is 1.15 bits per heavy atom. The molecule has 2 aromatic rings. The summed E-state index contributed by atoms with van der Waals surface area (Å²) in [5.41, 5.74) is 1.71. The first-order valence-corrected chi connectivity index (χ1v) is 9.16. The zero-order valence-corrected chi connectivity index (χ0v) is 15.5. The summed E-state index contributed by atoms with van der Waals surface area (Å²) in [5.74, 6) is -1.31. The molecule has 2 aromatic carbocycles. The van der Waals surface area contributed by atoms with E-state index in [1.807, 2.05) is 6.92 Å². The zero-order chi connectivity index (χ0) is 19.4. The van der Waals surface area contributed by atoms with Crippen molar-refractivity contribution in [3.05, 3.63) is 65.0 Å². The van der Waals surface area contributed by atoms with E-state index in [0.717, 1.165) is 24.9 Å². The van der Waals surface area contributed by atoms with Crippen LogP contribution in [0.15, 0.2) is 42.5 Å². The molecule has 142 valence electrons. The van der Waals surface area contributed by atoms with Crippen LogP contribution in [0.4, 0.5) is 10.1 Å². The number of piperidine rings is 1. The molecule has 2 amide bonds. The Kier molecular flexibility index (Phi) is 5.86. The van der Waals surface area contributed by atoms with Crippen molar-refractivity contribution in [3.63, 3.8) is 0 Å². The molecule has 1 aliphatic rings. The average Bonchev–Trinajstić information content (AvgIpc) is 2.65. The van der Waals surface area contributed by atoms with Crippen LogP contribution in [0.25, 0.3) is 0 Å². The minimum Gasteiger partial charge on any atom is -0.348 e. The van der Waals surface area contributed by atoms with Crippen LogP contribution in [0.5, 0.6) is 0 Å². The highest BCUT2D eigenvalue weighted by atomic mass is 19.1. The lowest BCUT2D eigenvalue weighted by molar-refractivity contribution is 0.0919. The van der Waals surface area contributed by atoms with Crippen molar-refractivity contribution in [1.29, 1.82) is 0 Å². The third kappa shape index (κ3) is 4.52. The molecular weight excluding hydrogens is 345 g/mol. The lowest BCUT2D eigenvalue weighted by Crippen LogP contribution is -2.51. The van der Waals surface area contributed by atoms with E-state index in [0.29, 0.717) is 11.3 Å². The maximum atomic E-state index is 13.8. The molecule has 1 heterocycles. The van der Waals surface area contributed by atoms with Gasteiger partial charge < -0.3 is 16.0 Å². The number of hydrogen-bond acceptors (Lipinski definition) is 3. The molecule has 27 heavy (non-hydrogen) atoms. The van der Waals surface area contributed by atoms with Gasteiger partial charge >= 0.3 is 0 Å². The van der Waals surface area contributed by atoms with Gasteiger partial charge in [0.05, 0.1) is 5.56 Å². The molecule has 2 unspecified atom stereocenters. The molecule has 0 aliphatic carbocycles. The summed E-state index contributed by atoms with van der Waals surface area (Å²) in [4.78, 5) is 25.0. The molecule has 5 nitrogen and oxygen atoms in total. The van der Waals surface area contributed by atoms with Crippen molar-refractivity contribution in [2.45, 2.75) is 38.8 Å². The predicted molar refractivity (Wildman–Crippen MR) is 103 cm³/mol. The van der Waals surface area contributed by atoms with Crippen LogP contribution in [-0.4, -0.2) is 30.4 Å². The van der Waals surface area contributed by atoms with Crippen LogP contribution in [-0.2, 0) is 0 Å². The van der Waals surface area contributed by atoms with Crippen LogP contribution in [0.2, 0.25) is 0 Å². The van der Waals surface area contributed by atoms with Crippen LogP contribution in [0, 0.1) is 12.7 Å². The molecule has 2 atom stereocenters. The third-order valence-electron chi connectivity index (χ3n) is 4.94. The fourth-order valence-corrected chi connectivity index (χ4v) is 3.23. The smallest absolute Gasteiger partial charge is 0.258 e. The van der Waals surface area contributed by atoms with Crippen molar-refractivity contribution in [2.75, 3.05) is 11.9 Å². The van der Waals surface area contributed by atoms with Gasteiger partial charge in [0.1, 0.15) is 5.82 Å². The molecule has 0 spiro atoms. The molecule has 6 heteroatoms. The Morgan fingerprint density at radius 2 is 1.93 bits per heavy atom. The van der Waals surface area contributed by atoms with E-state index < -0.39 is 11.7 Å². The van der Waals surface area contributed by atoms with Gasteiger partial charge in [0, 0.05) is 23.3 Å². The number of carbonyl (C=O) groups is 2. The van der Waals surface area contributed by atoms with Gasteiger partial charge in [-0.3, -0.25) is 9.59 Å². The second kappa shape index (κ2) is 8.31. The topological polar surface area (TPSA) is 70.2 Å². The van der Waals surface area contributed by atoms with Gasteiger partial charge in [-0.05, 0) is 63.1 Å². The molecule has 1 fully saturated rings. The van der Waals surface area contributed by atoms with Crippen molar-refractivity contribution >= 4 is 17.5 Å². The Balaban J connectivity index is 1.75. The summed E-state index contributed by atoms with van der Waals surface area (Å²) in [6, 6.07) is 11.2. The zero-order valence-electron chi connectivity index (χ0n) is 15.5. The maximum absolute atomic E-state index is 13.8. The highest BCUT2D eigenvalue weighted by Gasteiger charge is 2.23. The second-order valence-corrected chi connectivity index (χ2v) is 6.93. The standard InChI is InChI=1S/C21H24FN3O2/c1-13-9-10-15(20(26)24-18-8-5-11-23-14(18)2)12-19(13)25-21(27)16-6-3-4-7-17(16)22/h3-4,6-7,9-10,12,14,18,23H,5,8,11H2,1-2H3,(H,24,26)(H,25,27). The lowest BCUT2D eigenvalue weighted by atomic mass is 9.99. The minimum atomic E-state index is -0.583. The van der Waals surface area contributed by atoms with Gasteiger partial charge in [-0.15, -0.1) is 0 Å². The normalized spacial score (nSPS) is 19.4. The van der Waals surface area contributed by atoms with E-state index in [4.69, 9.17) is 0 Å². The Bertz CT molecular complexity index is 853. The quantitative estimate of drug-likeness (QED) is 0.775. The summed E-state index contributed by atoms with van der Waals surface area (Å²) in [7, 11) is 0. The molecule has 0 bridgehead atoms. The first-order valence-electron chi connectivity index (χ1n) is 9.16. The van der Waals surface area contributed by atoms with Crippen LogP contribution < -0.4 is 16.0 Å². The van der Waals surface area contributed by atoms with Crippen LogP contribution in [0.3, 0.4) is 0 Å². The summed E-state index contributed by atoms with van der Waals surface area (Å²) >= 11 is 0. The maximum Gasteiger partial charge on any atom is 0.258 e. The largest absolute Gasteiger partial charge is 0.348 e. The van der Waals surface area contributed by atoms with Crippen molar-refractivity contribution in [1.82, 2.24) is 10.6 Å². The average molecular weight is 369 g/mol. The predicted octanol–water partition coefficient (Wildman–Crippen LogP) is 3.26. The first-order chi connectivity index (χ1) is 13.0. The number of anilines is 1. The van der Waals surface area contributed by atoms with E-state index >= 15 is 0 Å². The molecule has 1 aliphatic heterocycles.